The second kappa shape index (κ2) is 7.41. The van der Waals surface area contributed by atoms with Crippen molar-refractivity contribution in [2.75, 3.05) is 6.54 Å². The Balaban J connectivity index is 1.51. The van der Waals surface area contributed by atoms with E-state index in [0.717, 1.165) is 19.4 Å². The molecule has 1 aliphatic heterocycles. The van der Waals surface area contributed by atoms with Gasteiger partial charge in [0, 0.05) is 31.9 Å². The predicted molar refractivity (Wildman–Crippen MR) is 74.2 cm³/mol. The smallest absolute Gasteiger partial charge is 0.322 e. The standard InChI is InChI=1S/C13H19N5O3/c19-11(4-3-10-12(20)17-13(21)16-10)15-5-1-2-7-18-8-6-14-9-18/h6,8-10H,1-5,7H2,(H,15,19)(H2,16,17,20,21)/t10-/m0/s1. The van der Waals surface area contributed by atoms with Crippen molar-refractivity contribution in [3.8, 4) is 0 Å². The molecular weight excluding hydrogens is 274 g/mol. The van der Waals surface area contributed by atoms with Crippen molar-refractivity contribution < 1.29 is 14.4 Å². The zero-order valence-electron chi connectivity index (χ0n) is 11.7. The normalized spacial score (nSPS) is 17.4. The van der Waals surface area contributed by atoms with Gasteiger partial charge in [-0.3, -0.25) is 14.9 Å². The number of carbonyl (C=O) groups is 3. The lowest BCUT2D eigenvalue weighted by molar-refractivity contribution is -0.122. The molecule has 4 amide bonds. The molecule has 0 saturated carbocycles. The van der Waals surface area contributed by atoms with E-state index in [4.69, 9.17) is 0 Å². The molecule has 8 heteroatoms. The Hall–Kier alpha value is -2.38. The molecule has 1 saturated heterocycles. The SMILES string of the molecule is O=C(CC[C@@H]1NC(=O)NC1=O)NCCCCn1ccnc1. The maximum Gasteiger partial charge on any atom is 0.322 e. The van der Waals surface area contributed by atoms with Gasteiger partial charge in [-0.05, 0) is 19.3 Å². The highest BCUT2D eigenvalue weighted by molar-refractivity contribution is 6.04. The molecular formula is C13H19N5O3. The lowest BCUT2D eigenvalue weighted by Gasteiger charge is -2.08. The second-order valence-electron chi connectivity index (χ2n) is 4.91. The molecule has 0 bridgehead atoms. The molecule has 0 aromatic carbocycles. The number of amides is 4. The quantitative estimate of drug-likeness (QED) is 0.454. The molecule has 2 rings (SSSR count). The second-order valence-corrected chi connectivity index (χ2v) is 4.91. The van der Waals surface area contributed by atoms with Crippen LogP contribution in [0.1, 0.15) is 25.7 Å². The number of imidazole rings is 1. The summed E-state index contributed by atoms with van der Waals surface area (Å²) >= 11 is 0. The van der Waals surface area contributed by atoms with E-state index >= 15 is 0 Å². The topological polar surface area (TPSA) is 105 Å². The molecule has 3 N–H and O–H groups in total. The fourth-order valence-electron chi connectivity index (χ4n) is 2.09. The van der Waals surface area contributed by atoms with Gasteiger partial charge in [-0.15, -0.1) is 0 Å². The van der Waals surface area contributed by atoms with E-state index in [-0.39, 0.29) is 18.2 Å². The molecule has 1 fully saturated rings. The Bertz CT molecular complexity index is 500. The van der Waals surface area contributed by atoms with Crippen LogP contribution >= 0.6 is 0 Å². The molecule has 0 spiro atoms. The van der Waals surface area contributed by atoms with Crippen LogP contribution in [0.5, 0.6) is 0 Å². The van der Waals surface area contributed by atoms with Gasteiger partial charge in [-0.1, -0.05) is 0 Å². The number of imide groups is 1. The van der Waals surface area contributed by atoms with Crippen molar-refractivity contribution in [1.82, 2.24) is 25.5 Å². The summed E-state index contributed by atoms with van der Waals surface area (Å²) in [6, 6.07) is -1.09. The summed E-state index contributed by atoms with van der Waals surface area (Å²) < 4.78 is 1.99. The fourth-order valence-corrected chi connectivity index (χ4v) is 2.09. The molecule has 0 radical (unpaired) electrons. The average molecular weight is 293 g/mol. The van der Waals surface area contributed by atoms with Crippen LogP contribution in [0, 0.1) is 0 Å². The summed E-state index contributed by atoms with van der Waals surface area (Å²) in [6.45, 7) is 1.49. The first kappa shape index (κ1) is 15.0. The van der Waals surface area contributed by atoms with Crippen LogP contribution in [0.25, 0.3) is 0 Å². The van der Waals surface area contributed by atoms with Crippen molar-refractivity contribution in [1.29, 1.82) is 0 Å². The number of hydrogen-bond acceptors (Lipinski definition) is 4. The lowest BCUT2D eigenvalue weighted by Crippen LogP contribution is -2.32. The molecule has 0 unspecified atom stereocenters. The fraction of sp³-hybridized carbons (Fsp3) is 0.538. The van der Waals surface area contributed by atoms with Crippen LogP contribution < -0.4 is 16.0 Å². The summed E-state index contributed by atoms with van der Waals surface area (Å²) in [7, 11) is 0. The maximum absolute atomic E-state index is 11.6. The zero-order chi connectivity index (χ0) is 15.1. The molecule has 1 aliphatic rings. The van der Waals surface area contributed by atoms with Crippen LogP contribution in [0.2, 0.25) is 0 Å². The number of nitrogens with zero attached hydrogens (tertiary/aromatic N) is 2. The molecule has 1 atom stereocenters. The summed E-state index contributed by atoms with van der Waals surface area (Å²) in [5, 5.41) is 7.40. The first-order valence-corrected chi connectivity index (χ1v) is 6.99. The number of nitrogens with one attached hydrogen (secondary N) is 3. The third kappa shape index (κ3) is 4.90. The zero-order valence-corrected chi connectivity index (χ0v) is 11.7. The van der Waals surface area contributed by atoms with Crippen LogP contribution in [0.4, 0.5) is 4.79 Å². The Morgan fingerprint density at radius 2 is 2.24 bits per heavy atom. The minimum atomic E-state index is -0.593. The van der Waals surface area contributed by atoms with Gasteiger partial charge in [0.05, 0.1) is 6.33 Å². The van der Waals surface area contributed by atoms with E-state index in [0.29, 0.717) is 13.0 Å². The third-order valence-corrected chi connectivity index (χ3v) is 3.24. The van der Waals surface area contributed by atoms with Crippen molar-refractivity contribution in [2.24, 2.45) is 0 Å². The summed E-state index contributed by atoms with van der Waals surface area (Å²) in [5.74, 6) is -0.472. The molecule has 21 heavy (non-hydrogen) atoms. The Morgan fingerprint density at radius 3 is 2.90 bits per heavy atom. The van der Waals surface area contributed by atoms with E-state index in [2.05, 4.69) is 20.9 Å². The monoisotopic (exact) mass is 293 g/mol. The van der Waals surface area contributed by atoms with Crippen molar-refractivity contribution >= 4 is 17.8 Å². The molecule has 114 valence electrons. The van der Waals surface area contributed by atoms with Gasteiger partial charge in [-0.2, -0.15) is 0 Å². The summed E-state index contributed by atoms with van der Waals surface area (Å²) in [5.41, 5.74) is 0. The number of carbonyl (C=O) groups excluding carboxylic acids is 3. The van der Waals surface area contributed by atoms with Crippen molar-refractivity contribution in [2.45, 2.75) is 38.3 Å². The summed E-state index contributed by atoms with van der Waals surface area (Å²) in [4.78, 5) is 37.7. The minimum Gasteiger partial charge on any atom is -0.356 e. The van der Waals surface area contributed by atoms with Gasteiger partial charge in [0.15, 0.2) is 0 Å². The van der Waals surface area contributed by atoms with Gasteiger partial charge in [-0.25, -0.2) is 9.78 Å². The largest absolute Gasteiger partial charge is 0.356 e. The van der Waals surface area contributed by atoms with Gasteiger partial charge < -0.3 is 15.2 Å². The number of rotatable bonds is 8. The van der Waals surface area contributed by atoms with Gasteiger partial charge >= 0.3 is 6.03 Å². The highest BCUT2D eigenvalue weighted by atomic mass is 16.2. The van der Waals surface area contributed by atoms with Crippen molar-refractivity contribution in [3.63, 3.8) is 0 Å². The maximum atomic E-state index is 11.6. The van der Waals surface area contributed by atoms with E-state index < -0.39 is 12.1 Å². The van der Waals surface area contributed by atoms with E-state index in [1.165, 1.54) is 0 Å². The number of aryl methyl sites for hydroxylation is 1. The molecule has 8 nitrogen and oxygen atoms in total. The first-order chi connectivity index (χ1) is 10.1. The third-order valence-electron chi connectivity index (χ3n) is 3.24. The Kier molecular flexibility index (Phi) is 5.30. The van der Waals surface area contributed by atoms with Gasteiger partial charge in [0.1, 0.15) is 6.04 Å². The van der Waals surface area contributed by atoms with Crippen LogP contribution in [0.3, 0.4) is 0 Å². The molecule has 2 heterocycles. The van der Waals surface area contributed by atoms with Crippen LogP contribution in [0.15, 0.2) is 18.7 Å². The first-order valence-electron chi connectivity index (χ1n) is 6.99. The van der Waals surface area contributed by atoms with E-state index in [9.17, 15) is 14.4 Å². The number of hydrogen-bond donors (Lipinski definition) is 3. The minimum absolute atomic E-state index is 0.105. The van der Waals surface area contributed by atoms with Crippen molar-refractivity contribution in [3.05, 3.63) is 18.7 Å². The van der Waals surface area contributed by atoms with Gasteiger partial charge in [0.25, 0.3) is 5.91 Å². The molecule has 0 aliphatic carbocycles. The van der Waals surface area contributed by atoms with Gasteiger partial charge in [0.2, 0.25) is 5.91 Å². The number of urea groups is 1. The average Bonchev–Trinajstić information content (AvgIpc) is 3.06. The van der Waals surface area contributed by atoms with Crippen LogP contribution in [-0.2, 0) is 16.1 Å². The molecule has 1 aromatic rings. The number of aromatic nitrogens is 2. The number of unbranched alkanes of at least 4 members (excludes halogenated alkanes) is 1. The molecule has 1 aromatic heterocycles. The Labute approximate surface area is 122 Å². The van der Waals surface area contributed by atoms with E-state index in [1.807, 2.05) is 10.8 Å². The predicted octanol–water partition coefficient (Wildman–Crippen LogP) is -0.232. The lowest BCUT2D eigenvalue weighted by atomic mass is 10.1. The highest BCUT2D eigenvalue weighted by Gasteiger charge is 2.29. The highest BCUT2D eigenvalue weighted by Crippen LogP contribution is 2.02. The van der Waals surface area contributed by atoms with Crippen LogP contribution in [-0.4, -0.2) is 40.0 Å². The Morgan fingerprint density at radius 1 is 1.38 bits per heavy atom. The summed E-state index contributed by atoms with van der Waals surface area (Å²) in [6.07, 6.45) is 7.78. The van der Waals surface area contributed by atoms with E-state index in [1.54, 1.807) is 12.5 Å².